The van der Waals surface area contributed by atoms with Crippen LogP contribution in [-0.4, -0.2) is 22.6 Å². The van der Waals surface area contributed by atoms with E-state index in [1.54, 1.807) is 24.3 Å². The molecule has 0 spiro atoms. The molecule has 0 unspecified atom stereocenters. The molecular weight excluding hydrogens is 494 g/mol. The first-order valence-electron chi connectivity index (χ1n) is 9.98. The van der Waals surface area contributed by atoms with Crippen LogP contribution in [0, 0.1) is 18.6 Å². The zero-order chi connectivity index (χ0) is 23.5. The van der Waals surface area contributed by atoms with Crippen molar-refractivity contribution in [1.82, 2.24) is 9.55 Å². The highest BCUT2D eigenvalue weighted by atomic mass is 79.9. The van der Waals surface area contributed by atoms with Crippen molar-refractivity contribution in [3.8, 4) is 22.8 Å². The van der Waals surface area contributed by atoms with Crippen molar-refractivity contribution in [2.24, 2.45) is 0 Å². The maximum absolute atomic E-state index is 14.1. The number of carbonyl (C=O) groups is 1. The third-order valence-corrected chi connectivity index (χ3v) is 5.54. The Morgan fingerprint density at radius 2 is 1.88 bits per heavy atom. The summed E-state index contributed by atoms with van der Waals surface area (Å²) in [4.78, 5) is 16.4. The minimum absolute atomic E-state index is 0.0729. The minimum atomic E-state index is -0.670. The van der Waals surface area contributed by atoms with Gasteiger partial charge < -0.3 is 9.47 Å². The number of nitrogens with zero attached hydrogens (tertiary/aromatic N) is 2. The van der Waals surface area contributed by atoms with Gasteiger partial charge in [0.05, 0.1) is 12.8 Å². The molecule has 0 aliphatic heterocycles. The average Bonchev–Trinajstić information content (AvgIpc) is 3.19. The van der Waals surface area contributed by atoms with Gasteiger partial charge in [-0.15, -0.1) is 0 Å². The Bertz CT molecular complexity index is 1340. The Morgan fingerprint density at radius 1 is 1.06 bits per heavy atom. The first kappa shape index (κ1) is 22.7. The number of aromatic nitrogens is 2. The summed E-state index contributed by atoms with van der Waals surface area (Å²) in [5, 5.41) is 0. The molecule has 0 saturated heterocycles. The molecule has 4 aromatic rings. The number of benzene rings is 2. The quantitative estimate of drug-likeness (QED) is 0.286. The smallest absolute Gasteiger partial charge is 0.356 e. The second-order valence-electron chi connectivity index (χ2n) is 7.23. The number of aryl methyl sites for hydroxylation is 1. The molecule has 0 saturated carbocycles. The number of methoxy groups -OCH3 is 1. The van der Waals surface area contributed by atoms with Gasteiger partial charge in [0.25, 0.3) is 0 Å². The molecule has 0 aliphatic carbocycles. The van der Waals surface area contributed by atoms with Gasteiger partial charge in [-0.05, 0) is 61.5 Å². The van der Waals surface area contributed by atoms with Crippen molar-refractivity contribution in [2.45, 2.75) is 13.5 Å². The van der Waals surface area contributed by atoms with E-state index in [-0.39, 0.29) is 17.9 Å². The van der Waals surface area contributed by atoms with E-state index in [0.29, 0.717) is 11.6 Å². The normalized spacial score (nSPS) is 10.8. The van der Waals surface area contributed by atoms with Gasteiger partial charge in [0, 0.05) is 27.4 Å². The van der Waals surface area contributed by atoms with E-state index in [2.05, 4.69) is 20.9 Å². The Balaban J connectivity index is 1.75. The average molecular weight is 513 g/mol. The summed E-state index contributed by atoms with van der Waals surface area (Å²) in [5.41, 5.74) is 2.80. The van der Waals surface area contributed by atoms with Crippen molar-refractivity contribution in [3.05, 3.63) is 99.8 Å². The molecule has 0 radical (unpaired) electrons. The molecule has 8 heteroatoms. The fourth-order valence-electron chi connectivity index (χ4n) is 3.44. The van der Waals surface area contributed by atoms with Crippen LogP contribution in [0.5, 0.6) is 5.75 Å². The van der Waals surface area contributed by atoms with E-state index < -0.39 is 17.6 Å². The van der Waals surface area contributed by atoms with Gasteiger partial charge in [-0.3, -0.25) is 4.57 Å². The predicted octanol–water partition coefficient (Wildman–Crippen LogP) is 6.25. The number of rotatable bonds is 6. The highest BCUT2D eigenvalue weighted by molar-refractivity contribution is 9.10. The van der Waals surface area contributed by atoms with Crippen LogP contribution in [0.25, 0.3) is 17.1 Å². The molecule has 5 nitrogen and oxygen atoms in total. The van der Waals surface area contributed by atoms with Crippen molar-refractivity contribution < 1.29 is 23.0 Å². The van der Waals surface area contributed by atoms with Gasteiger partial charge in [-0.2, -0.15) is 0 Å². The van der Waals surface area contributed by atoms with Crippen LogP contribution in [0.1, 0.15) is 21.7 Å². The number of carbonyl (C=O) groups excluding carboxylic acids is 1. The number of esters is 1. The van der Waals surface area contributed by atoms with Crippen LogP contribution in [0.4, 0.5) is 8.78 Å². The number of hydrogen-bond donors (Lipinski definition) is 0. The third kappa shape index (κ3) is 4.80. The van der Waals surface area contributed by atoms with Crippen LogP contribution in [0.15, 0.2) is 71.2 Å². The third-order valence-electron chi connectivity index (χ3n) is 5.05. The monoisotopic (exact) mass is 512 g/mol. The van der Waals surface area contributed by atoms with Gasteiger partial charge in [0.2, 0.25) is 0 Å². The van der Waals surface area contributed by atoms with Crippen molar-refractivity contribution in [3.63, 3.8) is 0 Å². The van der Waals surface area contributed by atoms with Gasteiger partial charge in [0.1, 0.15) is 29.8 Å². The summed E-state index contributed by atoms with van der Waals surface area (Å²) in [6.45, 7) is 1.85. The summed E-state index contributed by atoms with van der Waals surface area (Å²) in [6, 6.07) is 17.8. The molecule has 2 aromatic heterocycles. The lowest BCUT2D eigenvalue weighted by Crippen LogP contribution is -2.09. The molecule has 0 N–H and O–H groups in total. The van der Waals surface area contributed by atoms with Crippen molar-refractivity contribution in [2.75, 3.05) is 7.11 Å². The summed E-state index contributed by atoms with van der Waals surface area (Å²) >= 11 is 3.49. The molecule has 0 aliphatic rings. The molecule has 2 heterocycles. The first-order chi connectivity index (χ1) is 15.9. The largest absolute Gasteiger partial charge is 0.488 e. The van der Waals surface area contributed by atoms with Gasteiger partial charge in [0.15, 0.2) is 5.69 Å². The zero-order valence-electron chi connectivity index (χ0n) is 17.8. The van der Waals surface area contributed by atoms with E-state index >= 15 is 0 Å². The molecule has 2 aromatic carbocycles. The van der Waals surface area contributed by atoms with Crippen LogP contribution in [-0.2, 0) is 11.3 Å². The molecule has 0 amide bonds. The maximum atomic E-state index is 14.1. The Hall–Kier alpha value is -3.52. The van der Waals surface area contributed by atoms with Crippen LogP contribution in [0.2, 0.25) is 0 Å². The minimum Gasteiger partial charge on any atom is -0.488 e. The Labute approximate surface area is 197 Å². The fourth-order valence-corrected chi connectivity index (χ4v) is 3.80. The lowest BCUT2D eigenvalue weighted by atomic mass is 10.1. The van der Waals surface area contributed by atoms with Gasteiger partial charge in [-0.1, -0.05) is 22.0 Å². The van der Waals surface area contributed by atoms with Crippen molar-refractivity contribution >= 4 is 21.9 Å². The molecule has 0 atom stereocenters. The van der Waals surface area contributed by atoms with E-state index in [4.69, 9.17) is 9.47 Å². The van der Waals surface area contributed by atoms with E-state index in [1.807, 2.05) is 35.8 Å². The zero-order valence-corrected chi connectivity index (χ0v) is 19.4. The SMILES string of the molecule is COC(=O)c1cccc(-n2c(C)ccc2-c2cc(Br)ccc2OCc2ccc(F)cc2F)n1. The van der Waals surface area contributed by atoms with Crippen LogP contribution in [0.3, 0.4) is 0 Å². The number of hydrogen-bond acceptors (Lipinski definition) is 4. The van der Waals surface area contributed by atoms with Crippen LogP contribution >= 0.6 is 15.9 Å². The highest BCUT2D eigenvalue weighted by Crippen LogP contribution is 2.36. The van der Waals surface area contributed by atoms with E-state index in [1.165, 1.54) is 19.2 Å². The lowest BCUT2D eigenvalue weighted by Gasteiger charge is -2.16. The molecule has 4 rings (SSSR count). The summed E-state index contributed by atoms with van der Waals surface area (Å²) in [6.07, 6.45) is 0. The second-order valence-corrected chi connectivity index (χ2v) is 8.15. The maximum Gasteiger partial charge on any atom is 0.356 e. The topological polar surface area (TPSA) is 53.4 Å². The van der Waals surface area contributed by atoms with Gasteiger partial charge in [-0.25, -0.2) is 18.6 Å². The van der Waals surface area contributed by atoms with Crippen molar-refractivity contribution in [1.29, 1.82) is 0 Å². The standard InChI is InChI=1S/C25H19BrF2N2O3/c1-15-6-10-22(30(15)24-5-3-4-21(29-24)25(31)32-2)19-12-17(26)8-11-23(19)33-14-16-7-9-18(27)13-20(16)28/h3-13H,14H2,1-2H3. The molecule has 0 fully saturated rings. The molecule has 168 valence electrons. The summed E-state index contributed by atoms with van der Waals surface area (Å²) in [5.74, 6) is -0.806. The predicted molar refractivity (Wildman–Crippen MR) is 123 cm³/mol. The summed E-state index contributed by atoms with van der Waals surface area (Å²) < 4.78 is 40.7. The van der Waals surface area contributed by atoms with Gasteiger partial charge >= 0.3 is 5.97 Å². The second kappa shape index (κ2) is 9.54. The Morgan fingerprint density at radius 3 is 2.64 bits per heavy atom. The highest BCUT2D eigenvalue weighted by Gasteiger charge is 2.17. The van der Waals surface area contributed by atoms with E-state index in [9.17, 15) is 13.6 Å². The molecule has 0 bridgehead atoms. The fraction of sp³-hybridized carbons (Fsp3) is 0.120. The summed E-state index contributed by atoms with van der Waals surface area (Å²) in [7, 11) is 1.30. The first-order valence-corrected chi connectivity index (χ1v) is 10.8. The molecular formula is C25H19BrF2N2O3. The molecule has 33 heavy (non-hydrogen) atoms. The number of ether oxygens (including phenoxy) is 2. The number of pyridine rings is 1. The number of halogens is 3. The van der Waals surface area contributed by atoms with Crippen LogP contribution < -0.4 is 4.74 Å². The lowest BCUT2D eigenvalue weighted by molar-refractivity contribution is 0.0594. The van der Waals surface area contributed by atoms with E-state index in [0.717, 1.165) is 27.5 Å². The Kier molecular flexibility index (Phi) is 6.55.